The summed E-state index contributed by atoms with van der Waals surface area (Å²) in [6.45, 7) is 11.5. The minimum absolute atomic E-state index is 0. The third kappa shape index (κ3) is 7.16. The molecule has 5 nitrogen and oxygen atoms in total. The molecule has 3 rings (SSSR count). The van der Waals surface area contributed by atoms with Crippen molar-refractivity contribution < 1.29 is 9.53 Å². The summed E-state index contributed by atoms with van der Waals surface area (Å²) in [4.78, 5) is 17.3. The van der Waals surface area contributed by atoms with Gasteiger partial charge in [-0.25, -0.2) is 0 Å². The van der Waals surface area contributed by atoms with E-state index in [2.05, 4.69) is 22.0 Å². The molecule has 3 heterocycles. The van der Waals surface area contributed by atoms with E-state index in [0.29, 0.717) is 17.7 Å². The van der Waals surface area contributed by atoms with Gasteiger partial charge in [-0.2, -0.15) is 0 Å². The van der Waals surface area contributed by atoms with Crippen molar-refractivity contribution in [2.45, 2.75) is 39.0 Å². The molecular weight excluding hydrogens is 373 g/mol. The number of halogens is 2. The molecule has 0 bridgehead atoms. The van der Waals surface area contributed by atoms with Crippen LogP contribution in [-0.2, 0) is 9.53 Å². The Morgan fingerprint density at radius 3 is 2.42 bits per heavy atom. The van der Waals surface area contributed by atoms with E-state index in [9.17, 15) is 4.79 Å². The van der Waals surface area contributed by atoms with Gasteiger partial charge in [0.2, 0.25) is 5.91 Å². The molecule has 0 aromatic carbocycles. The smallest absolute Gasteiger partial charge is 0.222 e. The summed E-state index contributed by atoms with van der Waals surface area (Å²) in [7, 11) is 0. The molecule has 2 unspecified atom stereocenters. The number of piperidine rings is 1. The molecule has 0 aliphatic carbocycles. The molecule has 154 valence electrons. The second-order valence-corrected chi connectivity index (χ2v) is 8.02. The second kappa shape index (κ2) is 12.4. The first kappa shape index (κ1) is 24.0. The highest BCUT2D eigenvalue weighted by atomic mass is 35.5. The van der Waals surface area contributed by atoms with E-state index < -0.39 is 0 Å². The van der Waals surface area contributed by atoms with Crippen molar-refractivity contribution >= 4 is 30.7 Å². The van der Waals surface area contributed by atoms with Crippen molar-refractivity contribution in [3.63, 3.8) is 0 Å². The summed E-state index contributed by atoms with van der Waals surface area (Å²) >= 11 is 0. The predicted molar refractivity (Wildman–Crippen MR) is 110 cm³/mol. The average Bonchev–Trinajstić information content (AvgIpc) is 2.64. The maximum Gasteiger partial charge on any atom is 0.222 e. The normalized spacial score (nSPS) is 26.5. The average molecular weight is 410 g/mol. The number of carbonyl (C=O) groups is 1. The van der Waals surface area contributed by atoms with Crippen LogP contribution in [0.1, 0.15) is 39.0 Å². The number of carbonyl (C=O) groups excluding carboxylic acids is 1. The number of piperazine rings is 1. The fraction of sp³-hybridized carbons (Fsp3) is 0.947. The molecule has 7 heteroatoms. The Kier molecular flexibility index (Phi) is 11.4. The van der Waals surface area contributed by atoms with Gasteiger partial charge in [-0.1, -0.05) is 6.92 Å². The van der Waals surface area contributed by atoms with Gasteiger partial charge in [-0.15, -0.1) is 24.8 Å². The van der Waals surface area contributed by atoms with Crippen LogP contribution >= 0.6 is 24.8 Å². The van der Waals surface area contributed by atoms with Crippen LogP contribution in [0, 0.1) is 17.8 Å². The Morgan fingerprint density at radius 2 is 1.81 bits per heavy atom. The molecule has 2 atom stereocenters. The number of hydrogen-bond donors (Lipinski definition) is 1. The van der Waals surface area contributed by atoms with E-state index in [1.165, 1.54) is 32.2 Å². The summed E-state index contributed by atoms with van der Waals surface area (Å²) in [6.07, 6.45) is 5.67. The highest BCUT2D eigenvalue weighted by Gasteiger charge is 2.27. The SMILES string of the molecule is CC(CC(=O)N1CCN(CC2CCOCC2)CC1)C1CCCNC1.Cl.Cl. The van der Waals surface area contributed by atoms with E-state index >= 15 is 0 Å². The molecule has 0 aromatic heterocycles. The number of hydrogen-bond acceptors (Lipinski definition) is 4. The van der Waals surface area contributed by atoms with Crippen LogP contribution in [0.2, 0.25) is 0 Å². The van der Waals surface area contributed by atoms with E-state index in [1.54, 1.807) is 0 Å². The largest absolute Gasteiger partial charge is 0.381 e. The van der Waals surface area contributed by atoms with Crippen molar-refractivity contribution in [3.05, 3.63) is 0 Å². The van der Waals surface area contributed by atoms with Gasteiger partial charge < -0.3 is 15.0 Å². The van der Waals surface area contributed by atoms with Crippen molar-refractivity contribution in [2.24, 2.45) is 17.8 Å². The van der Waals surface area contributed by atoms with Crippen LogP contribution in [0.25, 0.3) is 0 Å². The molecule has 3 aliphatic rings. The van der Waals surface area contributed by atoms with Crippen molar-refractivity contribution in [1.82, 2.24) is 15.1 Å². The summed E-state index contributed by atoms with van der Waals surface area (Å²) in [5.41, 5.74) is 0. The lowest BCUT2D eigenvalue weighted by Gasteiger charge is -2.38. The molecule has 1 amide bonds. The third-order valence-corrected chi connectivity index (χ3v) is 6.22. The van der Waals surface area contributed by atoms with Crippen LogP contribution in [0.3, 0.4) is 0 Å². The molecule has 0 radical (unpaired) electrons. The van der Waals surface area contributed by atoms with Crippen LogP contribution in [0.5, 0.6) is 0 Å². The summed E-state index contributed by atoms with van der Waals surface area (Å²) in [5.74, 6) is 2.35. The zero-order chi connectivity index (χ0) is 16.8. The molecule has 1 N–H and O–H groups in total. The highest BCUT2D eigenvalue weighted by molar-refractivity contribution is 5.85. The lowest BCUT2D eigenvalue weighted by Crippen LogP contribution is -2.50. The summed E-state index contributed by atoms with van der Waals surface area (Å²) in [6, 6.07) is 0. The maximum absolute atomic E-state index is 12.6. The van der Waals surface area contributed by atoms with E-state index in [4.69, 9.17) is 4.74 Å². The van der Waals surface area contributed by atoms with Crippen molar-refractivity contribution in [3.8, 4) is 0 Å². The maximum atomic E-state index is 12.6. The van der Waals surface area contributed by atoms with Crippen LogP contribution in [-0.4, -0.2) is 74.7 Å². The lowest BCUT2D eigenvalue weighted by atomic mass is 9.85. The Morgan fingerprint density at radius 1 is 1.12 bits per heavy atom. The van der Waals surface area contributed by atoms with Crippen LogP contribution in [0.4, 0.5) is 0 Å². The Balaban J connectivity index is 0.00000169. The standard InChI is InChI=1S/C19H35N3O2.2ClH/c1-16(18-3-2-6-20-14-18)13-19(23)22-9-7-21(8-10-22)15-17-4-11-24-12-5-17;;/h16-18,20H,2-15H2,1H3;2*1H. The number of rotatable bonds is 5. The molecule has 0 spiro atoms. The van der Waals surface area contributed by atoms with Gasteiger partial charge in [0.05, 0.1) is 0 Å². The van der Waals surface area contributed by atoms with Gasteiger partial charge in [0.15, 0.2) is 0 Å². The van der Waals surface area contributed by atoms with Gasteiger partial charge in [-0.05, 0) is 56.5 Å². The van der Waals surface area contributed by atoms with E-state index in [1.807, 2.05) is 0 Å². The molecule has 3 aliphatic heterocycles. The third-order valence-electron chi connectivity index (χ3n) is 6.22. The quantitative estimate of drug-likeness (QED) is 0.756. The zero-order valence-electron chi connectivity index (χ0n) is 16.2. The topological polar surface area (TPSA) is 44.8 Å². The predicted octanol–water partition coefficient (Wildman–Crippen LogP) is 2.43. The number of nitrogens with one attached hydrogen (secondary N) is 1. The summed E-state index contributed by atoms with van der Waals surface area (Å²) in [5, 5.41) is 3.47. The zero-order valence-corrected chi connectivity index (χ0v) is 17.8. The van der Waals surface area contributed by atoms with E-state index in [-0.39, 0.29) is 24.8 Å². The number of nitrogens with zero attached hydrogens (tertiary/aromatic N) is 2. The highest BCUT2D eigenvalue weighted by Crippen LogP contribution is 2.24. The molecule has 0 aromatic rings. The number of ether oxygens (including phenoxy) is 1. The van der Waals surface area contributed by atoms with Crippen LogP contribution in [0.15, 0.2) is 0 Å². The van der Waals surface area contributed by atoms with Gasteiger partial charge in [0.25, 0.3) is 0 Å². The first-order chi connectivity index (χ1) is 11.7. The summed E-state index contributed by atoms with van der Waals surface area (Å²) < 4.78 is 5.45. The Labute approximate surface area is 171 Å². The fourth-order valence-electron chi connectivity index (χ4n) is 4.41. The minimum Gasteiger partial charge on any atom is -0.381 e. The molecule has 26 heavy (non-hydrogen) atoms. The Bertz CT molecular complexity index is 394. The van der Waals surface area contributed by atoms with E-state index in [0.717, 1.165) is 64.8 Å². The second-order valence-electron chi connectivity index (χ2n) is 8.02. The number of amides is 1. The first-order valence-corrected chi connectivity index (χ1v) is 10.0. The van der Waals surface area contributed by atoms with Gasteiger partial charge in [0.1, 0.15) is 0 Å². The first-order valence-electron chi connectivity index (χ1n) is 10.0. The fourth-order valence-corrected chi connectivity index (χ4v) is 4.41. The van der Waals surface area contributed by atoms with Crippen molar-refractivity contribution in [2.75, 3.05) is 59.0 Å². The lowest BCUT2D eigenvalue weighted by molar-refractivity contribution is -0.134. The monoisotopic (exact) mass is 409 g/mol. The van der Waals surface area contributed by atoms with Gasteiger partial charge >= 0.3 is 0 Å². The molecular formula is C19H37Cl2N3O2. The Hall–Kier alpha value is -0.0700. The minimum atomic E-state index is 0. The molecule has 3 saturated heterocycles. The molecule has 0 saturated carbocycles. The molecule has 3 fully saturated rings. The van der Waals surface area contributed by atoms with Gasteiger partial charge in [0, 0.05) is 52.4 Å². The van der Waals surface area contributed by atoms with Crippen molar-refractivity contribution in [1.29, 1.82) is 0 Å². The van der Waals surface area contributed by atoms with Crippen LogP contribution < -0.4 is 5.32 Å². The van der Waals surface area contributed by atoms with Gasteiger partial charge in [-0.3, -0.25) is 9.69 Å².